The summed E-state index contributed by atoms with van der Waals surface area (Å²) in [5, 5.41) is 2.42. The highest BCUT2D eigenvalue weighted by atomic mass is 32.2. The number of carbonyl (C=O) groups is 1. The second-order valence-electron chi connectivity index (χ2n) is 4.34. The van der Waals surface area contributed by atoms with Crippen molar-refractivity contribution in [3.8, 4) is 0 Å². The van der Waals surface area contributed by atoms with Gasteiger partial charge in [-0.2, -0.15) is 0 Å². The summed E-state index contributed by atoms with van der Waals surface area (Å²) in [6.07, 6.45) is 0. The largest absolute Gasteiger partial charge is 0.355 e. The average molecular weight is 326 g/mol. The summed E-state index contributed by atoms with van der Waals surface area (Å²) >= 11 is 0. The minimum absolute atomic E-state index is 0.149. The Balaban J connectivity index is 2.27. The zero-order valence-corrected chi connectivity index (χ0v) is 12.2. The molecule has 0 atom stereocenters. The second kappa shape index (κ2) is 6.10. The third-order valence-electron chi connectivity index (χ3n) is 2.81. The molecule has 5 nitrogen and oxygen atoms in total. The van der Waals surface area contributed by atoms with E-state index in [0.717, 1.165) is 12.1 Å². The standard InChI is InChI=1S/C14H12F2N2O3S/c1-17-14(19)9-2-5-11(6-3-9)18-22(20,21)13-7-4-10(15)8-12(13)16/h2-8,18H,1H3,(H,17,19). The molecule has 2 aromatic carbocycles. The van der Waals surface area contributed by atoms with Gasteiger partial charge < -0.3 is 5.32 Å². The molecule has 0 aromatic heterocycles. The Morgan fingerprint density at radius 1 is 1.05 bits per heavy atom. The molecule has 2 aromatic rings. The molecule has 0 heterocycles. The first-order chi connectivity index (χ1) is 10.3. The number of nitrogens with one attached hydrogen (secondary N) is 2. The summed E-state index contributed by atoms with van der Waals surface area (Å²) in [6.45, 7) is 0. The highest BCUT2D eigenvalue weighted by Crippen LogP contribution is 2.20. The van der Waals surface area contributed by atoms with Crippen molar-refractivity contribution in [3.63, 3.8) is 0 Å². The van der Waals surface area contributed by atoms with Gasteiger partial charge in [0.1, 0.15) is 16.5 Å². The Hall–Kier alpha value is -2.48. The van der Waals surface area contributed by atoms with Crippen LogP contribution in [0.25, 0.3) is 0 Å². The van der Waals surface area contributed by atoms with E-state index >= 15 is 0 Å². The molecule has 0 saturated heterocycles. The number of hydrogen-bond acceptors (Lipinski definition) is 3. The molecule has 0 spiro atoms. The van der Waals surface area contributed by atoms with Gasteiger partial charge >= 0.3 is 0 Å². The van der Waals surface area contributed by atoms with Gasteiger partial charge in [-0.05, 0) is 36.4 Å². The third-order valence-corrected chi connectivity index (χ3v) is 4.22. The lowest BCUT2D eigenvalue weighted by Crippen LogP contribution is -2.18. The van der Waals surface area contributed by atoms with E-state index in [1.165, 1.54) is 31.3 Å². The van der Waals surface area contributed by atoms with Crippen LogP contribution in [0.1, 0.15) is 10.4 Å². The number of amides is 1. The molecule has 0 saturated carbocycles. The lowest BCUT2D eigenvalue weighted by Gasteiger charge is -2.09. The highest BCUT2D eigenvalue weighted by Gasteiger charge is 2.19. The molecule has 0 aliphatic heterocycles. The Labute approximate surface area is 126 Å². The van der Waals surface area contributed by atoms with Gasteiger partial charge in [0.25, 0.3) is 15.9 Å². The van der Waals surface area contributed by atoms with E-state index in [0.29, 0.717) is 11.6 Å². The van der Waals surface area contributed by atoms with Crippen molar-refractivity contribution in [2.75, 3.05) is 11.8 Å². The third kappa shape index (κ3) is 3.40. The molecule has 1 amide bonds. The minimum Gasteiger partial charge on any atom is -0.355 e. The molecule has 22 heavy (non-hydrogen) atoms. The number of hydrogen-bond donors (Lipinski definition) is 2. The van der Waals surface area contributed by atoms with Crippen LogP contribution in [0.4, 0.5) is 14.5 Å². The van der Waals surface area contributed by atoms with Crippen LogP contribution in [-0.4, -0.2) is 21.4 Å². The molecular formula is C14H12F2N2O3S. The molecule has 8 heteroatoms. The molecule has 2 rings (SSSR count). The van der Waals surface area contributed by atoms with Crippen molar-refractivity contribution in [1.82, 2.24) is 5.32 Å². The number of carbonyl (C=O) groups excluding carboxylic acids is 1. The zero-order valence-electron chi connectivity index (χ0n) is 11.4. The fraction of sp³-hybridized carbons (Fsp3) is 0.0714. The quantitative estimate of drug-likeness (QED) is 0.904. The Kier molecular flexibility index (Phi) is 4.41. The van der Waals surface area contributed by atoms with E-state index in [4.69, 9.17) is 0 Å². The lowest BCUT2D eigenvalue weighted by molar-refractivity contribution is 0.0963. The molecule has 116 valence electrons. The normalized spacial score (nSPS) is 11.0. The van der Waals surface area contributed by atoms with Crippen molar-refractivity contribution in [2.24, 2.45) is 0 Å². The average Bonchev–Trinajstić information content (AvgIpc) is 2.46. The van der Waals surface area contributed by atoms with Crippen LogP contribution >= 0.6 is 0 Å². The topological polar surface area (TPSA) is 75.3 Å². The first kappa shape index (κ1) is 15.9. The molecule has 0 fully saturated rings. The summed E-state index contributed by atoms with van der Waals surface area (Å²) < 4.78 is 52.6. The van der Waals surface area contributed by atoms with Crippen LogP contribution in [0.5, 0.6) is 0 Å². The SMILES string of the molecule is CNC(=O)c1ccc(NS(=O)(=O)c2ccc(F)cc2F)cc1. The molecule has 2 N–H and O–H groups in total. The van der Waals surface area contributed by atoms with Gasteiger partial charge in [-0.3, -0.25) is 9.52 Å². The van der Waals surface area contributed by atoms with Crippen LogP contribution < -0.4 is 10.0 Å². The fourth-order valence-electron chi connectivity index (χ4n) is 1.74. The molecule has 0 aliphatic carbocycles. The van der Waals surface area contributed by atoms with Crippen LogP contribution in [0.3, 0.4) is 0 Å². The Bertz CT molecular complexity index is 805. The summed E-state index contributed by atoms with van der Waals surface area (Å²) in [5.74, 6) is -2.38. The number of anilines is 1. The van der Waals surface area contributed by atoms with Gasteiger partial charge in [0.2, 0.25) is 0 Å². The summed E-state index contributed by atoms with van der Waals surface area (Å²) in [6, 6.07) is 7.74. The number of halogens is 2. The van der Waals surface area contributed by atoms with E-state index in [9.17, 15) is 22.0 Å². The molecular weight excluding hydrogens is 314 g/mol. The van der Waals surface area contributed by atoms with Gasteiger partial charge in [0, 0.05) is 24.4 Å². The van der Waals surface area contributed by atoms with Crippen molar-refractivity contribution in [1.29, 1.82) is 0 Å². The smallest absolute Gasteiger partial charge is 0.264 e. The Morgan fingerprint density at radius 3 is 2.23 bits per heavy atom. The first-order valence-electron chi connectivity index (χ1n) is 6.13. The maximum atomic E-state index is 13.6. The predicted molar refractivity (Wildman–Crippen MR) is 77.0 cm³/mol. The number of rotatable bonds is 4. The summed E-state index contributed by atoms with van der Waals surface area (Å²) in [4.78, 5) is 10.7. The zero-order chi connectivity index (χ0) is 16.3. The highest BCUT2D eigenvalue weighted by molar-refractivity contribution is 7.92. The number of benzene rings is 2. The van der Waals surface area contributed by atoms with E-state index in [1.807, 2.05) is 0 Å². The molecule has 0 unspecified atom stereocenters. The van der Waals surface area contributed by atoms with E-state index < -0.39 is 26.6 Å². The summed E-state index contributed by atoms with van der Waals surface area (Å²) in [7, 11) is -2.72. The van der Waals surface area contributed by atoms with Crippen LogP contribution in [-0.2, 0) is 10.0 Å². The van der Waals surface area contributed by atoms with Crippen molar-refractivity contribution >= 4 is 21.6 Å². The molecule has 0 radical (unpaired) electrons. The van der Waals surface area contributed by atoms with Crippen molar-refractivity contribution in [2.45, 2.75) is 4.90 Å². The van der Waals surface area contributed by atoms with Gasteiger partial charge in [-0.15, -0.1) is 0 Å². The van der Waals surface area contributed by atoms with E-state index in [2.05, 4.69) is 10.0 Å². The number of sulfonamides is 1. The summed E-state index contributed by atoms with van der Waals surface area (Å²) in [5.41, 5.74) is 0.495. The van der Waals surface area contributed by atoms with Gasteiger partial charge in [-0.1, -0.05) is 0 Å². The van der Waals surface area contributed by atoms with Crippen molar-refractivity contribution < 1.29 is 22.0 Å². The van der Waals surface area contributed by atoms with Gasteiger partial charge in [0.15, 0.2) is 0 Å². The van der Waals surface area contributed by atoms with Crippen LogP contribution in [0.2, 0.25) is 0 Å². The molecule has 0 bridgehead atoms. The van der Waals surface area contributed by atoms with Crippen LogP contribution in [0.15, 0.2) is 47.4 Å². The Morgan fingerprint density at radius 2 is 1.68 bits per heavy atom. The van der Waals surface area contributed by atoms with Crippen LogP contribution in [0, 0.1) is 11.6 Å². The fourth-order valence-corrected chi connectivity index (χ4v) is 2.86. The van der Waals surface area contributed by atoms with Gasteiger partial charge in [-0.25, -0.2) is 17.2 Å². The minimum atomic E-state index is -4.19. The monoisotopic (exact) mass is 326 g/mol. The lowest BCUT2D eigenvalue weighted by atomic mass is 10.2. The second-order valence-corrected chi connectivity index (χ2v) is 5.99. The first-order valence-corrected chi connectivity index (χ1v) is 7.62. The van der Waals surface area contributed by atoms with Crippen molar-refractivity contribution in [3.05, 3.63) is 59.7 Å². The van der Waals surface area contributed by atoms with Gasteiger partial charge in [0.05, 0.1) is 0 Å². The van der Waals surface area contributed by atoms with E-state index in [1.54, 1.807) is 0 Å². The maximum Gasteiger partial charge on any atom is 0.264 e. The maximum absolute atomic E-state index is 13.6. The molecule has 0 aliphatic rings. The predicted octanol–water partition coefficient (Wildman–Crippen LogP) is 2.13. The van der Waals surface area contributed by atoms with E-state index in [-0.39, 0.29) is 11.6 Å².